The number of aryl methyl sites for hydroxylation is 1. The van der Waals surface area contributed by atoms with Crippen LogP contribution in [-0.4, -0.2) is 6.10 Å². The summed E-state index contributed by atoms with van der Waals surface area (Å²) < 4.78 is 5.96. The van der Waals surface area contributed by atoms with Crippen molar-refractivity contribution in [2.45, 2.75) is 39.7 Å². The van der Waals surface area contributed by atoms with Gasteiger partial charge < -0.3 is 4.74 Å². The second kappa shape index (κ2) is 3.30. The van der Waals surface area contributed by atoms with Crippen LogP contribution in [0.2, 0.25) is 0 Å². The molecule has 1 heterocycles. The fraction of sp³-hybridized carbons (Fsp3) is 0.538. The Hall–Kier alpha value is -0.980. The average Bonchev–Trinajstić information content (AvgIpc) is 2.43. The summed E-state index contributed by atoms with van der Waals surface area (Å²) in [6.07, 6.45) is 0.354. The van der Waals surface area contributed by atoms with E-state index in [9.17, 15) is 0 Å². The molecule has 0 aliphatic carbocycles. The minimum atomic E-state index is 0.354. The molecular formula is C13H18O. The molecule has 0 N–H and O–H groups in total. The van der Waals surface area contributed by atoms with Gasteiger partial charge in [-0.25, -0.2) is 0 Å². The maximum atomic E-state index is 5.96. The van der Waals surface area contributed by atoms with Gasteiger partial charge in [-0.2, -0.15) is 0 Å². The number of benzene rings is 1. The SMILES string of the molecule is Cc1ccc2c(c1)OC(C(C)C)C2C. The van der Waals surface area contributed by atoms with Crippen LogP contribution >= 0.6 is 0 Å². The molecule has 0 amide bonds. The van der Waals surface area contributed by atoms with Crippen molar-refractivity contribution in [1.82, 2.24) is 0 Å². The van der Waals surface area contributed by atoms with Gasteiger partial charge in [0.1, 0.15) is 11.9 Å². The van der Waals surface area contributed by atoms with Crippen molar-refractivity contribution in [3.05, 3.63) is 29.3 Å². The largest absolute Gasteiger partial charge is 0.489 e. The second-order valence-corrected chi connectivity index (χ2v) is 4.66. The summed E-state index contributed by atoms with van der Waals surface area (Å²) in [4.78, 5) is 0. The smallest absolute Gasteiger partial charge is 0.123 e. The van der Waals surface area contributed by atoms with Crippen LogP contribution in [0.25, 0.3) is 0 Å². The Morgan fingerprint density at radius 1 is 1.29 bits per heavy atom. The first kappa shape index (κ1) is 9.57. The van der Waals surface area contributed by atoms with Gasteiger partial charge in [0.15, 0.2) is 0 Å². The minimum Gasteiger partial charge on any atom is -0.489 e. The van der Waals surface area contributed by atoms with Crippen molar-refractivity contribution in [2.24, 2.45) is 5.92 Å². The summed E-state index contributed by atoms with van der Waals surface area (Å²) in [6, 6.07) is 6.52. The van der Waals surface area contributed by atoms with Crippen molar-refractivity contribution in [3.63, 3.8) is 0 Å². The fourth-order valence-electron chi connectivity index (χ4n) is 2.26. The summed E-state index contributed by atoms with van der Waals surface area (Å²) in [7, 11) is 0. The van der Waals surface area contributed by atoms with E-state index in [1.807, 2.05) is 0 Å². The first-order valence-electron chi connectivity index (χ1n) is 5.37. The third-order valence-corrected chi connectivity index (χ3v) is 3.07. The molecule has 2 rings (SSSR count). The lowest BCUT2D eigenvalue weighted by Gasteiger charge is -2.18. The van der Waals surface area contributed by atoms with E-state index in [1.54, 1.807) is 0 Å². The monoisotopic (exact) mass is 190 g/mol. The molecule has 2 atom stereocenters. The molecule has 1 aromatic carbocycles. The highest BCUT2D eigenvalue weighted by Crippen LogP contribution is 2.40. The lowest BCUT2D eigenvalue weighted by atomic mass is 9.91. The predicted molar refractivity (Wildman–Crippen MR) is 58.8 cm³/mol. The van der Waals surface area contributed by atoms with Crippen molar-refractivity contribution >= 4 is 0 Å². The first-order chi connectivity index (χ1) is 6.59. The molecule has 2 unspecified atom stereocenters. The van der Waals surface area contributed by atoms with E-state index in [-0.39, 0.29) is 0 Å². The summed E-state index contributed by atoms with van der Waals surface area (Å²) in [5.74, 6) is 2.21. The van der Waals surface area contributed by atoms with Crippen LogP contribution in [0, 0.1) is 12.8 Å². The number of hydrogen-bond donors (Lipinski definition) is 0. The number of hydrogen-bond acceptors (Lipinski definition) is 1. The van der Waals surface area contributed by atoms with Crippen LogP contribution in [0.4, 0.5) is 0 Å². The van der Waals surface area contributed by atoms with Gasteiger partial charge >= 0.3 is 0 Å². The van der Waals surface area contributed by atoms with Crippen molar-refractivity contribution < 1.29 is 4.74 Å². The standard InChI is InChI=1S/C13H18O/c1-8(2)13-10(4)11-6-5-9(3)7-12(11)14-13/h5-8,10,13H,1-4H3. The Balaban J connectivity index is 2.35. The Bertz CT molecular complexity index is 341. The lowest BCUT2D eigenvalue weighted by Crippen LogP contribution is -2.23. The summed E-state index contributed by atoms with van der Waals surface area (Å²) in [5.41, 5.74) is 2.65. The summed E-state index contributed by atoms with van der Waals surface area (Å²) in [5, 5.41) is 0. The maximum Gasteiger partial charge on any atom is 0.123 e. The van der Waals surface area contributed by atoms with E-state index < -0.39 is 0 Å². The van der Waals surface area contributed by atoms with Gasteiger partial charge in [-0.15, -0.1) is 0 Å². The fourth-order valence-corrected chi connectivity index (χ4v) is 2.26. The molecule has 0 bridgehead atoms. The van der Waals surface area contributed by atoms with Gasteiger partial charge in [-0.05, 0) is 24.5 Å². The number of fused-ring (bicyclic) bond motifs is 1. The molecule has 1 heteroatoms. The van der Waals surface area contributed by atoms with Gasteiger partial charge in [0, 0.05) is 11.5 Å². The van der Waals surface area contributed by atoms with Gasteiger partial charge in [0.25, 0.3) is 0 Å². The van der Waals surface area contributed by atoms with Crippen molar-refractivity contribution in [2.75, 3.05) is 0 Å². The third-order valence-electron chi connectivity index (χ3n) is 3.07. The molecule has 14 heavy (non-hydrogen) atoms. The van der Waals surface area contributed by atoms with Gasteiger partial charge in [0.05, 0.1) is 0 Å². The molecule has 1 aliphatic heterocycles. The quantitative estimate of drug-likeness (QED) is 0.658. The molecule has 0 fully saturated rings. The molecule has 0 saturated heterocycles. The second-order valence-electron chi connectivity index (χ2n) is 4.66. The van der Waals surface area contributed by atoms with E-state index in [4.69, 9.17) is 4.74 Å². The number of rotatable bonds is 1. The lowest BCUT2D eigenvalue weighted by molar-refractivity contribution is 0.158. The number of ether oxygens (including phenoxy) is 1. The van der Waals surface area contributed by atoms with Crippen LogP contribution in [0.3, 0.4) is 0 Å². The minimum absolute atomic E-state index is 0.354. The van der Waals surface area contributed by atoms with Crippen LogP contribution < -0.4 is 4.74 Å². The Labute approximate surface area is 86.1 Å². The zero-order valence-electron chi connectivity index (χ0n) is 9.37. The van der Waals surface area contributed by atoms with Crippen LogP contribution in [0.1, 0.15) is 37.8 Å². The molecule has 0 saturated carbocycles. The van der Waals surface area contributed by atoms with Gasteiger partial charge in [-0.1, -0.05) is 32.9 Å². The van der Waals surface area contributed by atoms with Crippen LogP contribution in [0.15, 0.2) is 18.2 Å². The van der Waals surface area contributed by atoms with Crippen molar-refractivity contribution in [3.8, 4) is 5.75 Å². The normalized spacial score (nSPS) is 24.9. The molecule has 0 radical (unpaired) electrons. The average molecular weight is 190 g/mol. The van der Waals surface area contributed by atoms with Gasteiger partial charge in [-0.3, -0.25) is 0 Å². The third kappa shape index (κ3) is 1.41. The van der Waals surface area contributed by atoms with E-state index in [1.165, 1.54) is 11.1 Å². The topological polar surface area (TPSA) is 9.23 Å². The van der Waals surface area contributed by atoms with E-state index in [0.29, 0.717) is 17.9 Å². The molecule has 1 nitrogen and oxygen atoms in total. The zero-order valence-corrected chi connectivity index (χ0v) is 9.37. The van der Waals surface area contributed by atoms with Crippen LogP contribution in [0.5, 0.6) is 5.75 Å². The molecule has 0 spiro atoms. The van der Waals surface area contributed by atoms with Gasteiger partial charge in [0.2, 0.25) is 0 Å². The van der Waals surface area contributed by atoms with E-state index in [0.717, 1.165) is 5.75 Å². The molecule has 1 aliphatic rings. The Kier molecular flexibility index (Phi) is 2.26. The summed E-state index contributed by atoms with van der Waals surface area (Å²) >= 11 is 0. The first-order valence-corrected chi connectivity index (χ1v) is 5.37. The highest BCUT2D eigenvalue weighted by Gasteiger charge is 2.32. The van der Waals surface area contributed by atoms with Crippen molar-refractivity contribution in [1.29, 1.82) is 0 Å². The van der Waals surface area contributed by atoms with E-state index in [2.05, 4.69) is 45.9 Å². The highest BCUT2D eigenvalue weighted by atomic mass is 16.5. The summed E-state index contributed by atoms with van der Waals surface area (Å²) in [6.45, 7) is 8.81. The predicted octanol–water partition coefficient (Wildman–Crippen LogP) is 3.52. The van der Waals surface area contributed by atoms with E-state index >= 15 is 0 Å². The highest BCUT2D eigenvalue weighted by molar-refractivity contribution is 5.43. The van der Waals surface area contributed by atoms with Crippen LogP contribution in [-0.2, 0) is 0 Å². The Morgan fingerprint density at radius 3 is 2.64 bits per heavy atom. The Morgan fingerprint density at radius 2 is 2.00 bits per heavy atom. The zero-order chi connectivity index (χ0) is 10.3. The maximum absolute atomic E-state index is 5.96. The molecule has 1 aromatic rings. The molecular weight excluding hydrogens is 172 g/mol. The molecule has 0 aromatic heterocycles. The molecule has 76 valence electrons.